The van der Waals surface area contributed by atoms with Crippen LogP contribution < -0.4 is 5.32 Å². The maximum Gasteiger partial charge on any atom is 0.227 e. The van der Waals surface area contributed by atoms with Crippen molar-refractivity contribution in [3.05, 3.63) is 22.4 Å². The molecule has 0 radical (unpaired) electrons. The van der Waals surface area contributed by atoms with Gasteiger partial charge in [0.1, 0.15) is 0 Å². The molecule has 2 unspecified atom stereocenters. The van der Waals surface area contributed by atoms with E-state index in [1.807, 2.05) is 17.3 Å². The number of hydrogen-bond donors (Lipinski definition) is 1. The number of nitrogens with zero attached hydrogens (tertiary/aromatic N) is 1. The topological polar surface area (TPSA) is 32.3 Å². The first-order chi connectivity index (χ1) is 7.68. The zero-order valence-corrected chi connectivity index (χ0v) is 10.6. The van der Waals surface area contributed by atoms with Gasteiger partial charge in [0.25, 0.3) is 0 Å². The molecule has 0 bridgehead atoms. The van der Waals surface area contributed by atoms with Gasteiger partial charge in [-0.2, -0.15) is 11.3 Å². The third-order valence-electron chi connectivity index (χ3n) is 3.21. The molecular formula is C12H18N2OS. The molecule has 16 heavy (non-hydrogen) atoms. The largest absolute Gasteiger partial charge is 0.341 e. The van der Waals surface area contributed by atoms with Gasteiger partial charge in [0, 0.05) is 20.1 Å². The molecule has 1 amide bonds. The zero-order chi connectivity index (χ0) is 11.5. The Hall–Kier alpha value is -0.870. The van der Waals surface area contributed by atoms with Crippen LogP contribution in [-0.4, -0.2) is 30.9 Å². The van der Waals surface area contributed by atoms with Crippen LogP contribution >= 0.6 is 11.3 Å². The van der Waals surface area contributed by atoms with Crippen molar-refractivity contribution in [2.24, 2.45) is 11.8 Å². The number of amides is 1. The van der Waals surface area contributed by atoms with Gasteiger partial charge in [-0.3, -0.25) is 4.79 Å². The van der Waals surface area contributed by atoms with Gasteiger partial charge in [0.2, 0.25) is 5.91 Å². The molecule has 1 fully saturated rings. The summed E-state index contributed by atoms with van der Waals surface area (Å²) in [4.78, 5) is 14.0. The monoisotopic (exact) mass is 238 g/mol. The maximum absolute atomic E-state index is 12.2. The quantitative estimate of drug-likeness (QED) is 0.867. The summed E-state index contributed by atoms with van der Waals surface area (Å²) >= 11 is 1.68. The van der Waals surface area contributed by atoms with Crippen LogP contribution in [0.5, 0.6) is 0 Å². The first kappa shape index (κ1) is 11.6. The van der Waals surface area contributed by atoms with E-state index < -0.39 is 0 Å². The Bertz CT molecular complexity index is 350. The highest BCUT2D eigenvalue weighted by Gasteiger charge is 2.31. The predicted octanol–water partition coefficient (Wildman–Crippen LogP) is 1.56. The summed E-state index contributed by atoms with van der Waals surface area (Å²) in [6, 6.07) is 2.07. The number of hydrogen-bond acceptors (Lipinski definition) is 3. The van der Waals surface area contributed by atoms with E-state index >= 15 is 0 Å². The van der Waals surface area contributed by atoms with Gasteiger partial charge in [-0.1, -0.05) is 6.92 Å². The molecule has 2 rings (SSSR count). The minimum absolute atomic E-state index is 0.156. The molecule has 1 aromatic rings. The van der Waals surface area contributed by atoms with Gasteiger partial charge >= 0.3 is 0 Å². The lowest BCUT2D eigenvalue weighted by molar-refractivity contribution is -0.135. The Morgan fingerprint density at radius 3 is 3.00 bits per heavy atom. The van der Waals surface area contributed by atoms with Gasteiger partial charge in [-0.15, -0.1) is 0 Å². The van der Waals surface area contributed by atoms with Gasteiger partial charge in [0.15, 0.2) is 0 Å². The normalized spacial score (nSPS) is 24.6. The van der Waals surface area contributed by atoms with E-state index in [-0.39, 0.29) is 11.8 Å². The summed E-state index contributed by atoms with van der Waals surface area (Å²) in [5, 5.41) is 7.42. The fourth-order valence-corrected chi connectivity index (χ4v) is 2.82. The molecule has 1 aliphatic rings. The standard InChI is InChI=1S/C12H18N2OS/c1-9-5-13-6-11(9)12(15)14(2)7-10-3-4-16-8-10/h3-4,8-9,11,13H,5-7H2,1-2H3. The Kier molecular flexibility index (Phi) is 3.61. The highest BCUT2D eigenvalue weighted by molar-refractivity contribution is 7.07. The molecule has 2 atom stereocenters. The average molecular weight is 238 g/mol. The molecule has 0 aromatic carbocycles. The van der Waals surface area contributed by atoms with Gasteiger partial charge in [0.05, 0.1) is 5.92 Å². The van der Waals surface area contributed by atoms with Crippen LogP contribution in [0.15, 0.2) is 16.8 Å². The van der Waals surface area contributed by atoms with E-state index in [1.54, 1.807) is 11.3 Å². The van der Waals surface area contributed by atoms with E-state index in [4.69, 9.17) is 0 Å². The van der Waals surface area contributed by atoms with Crippen molar-refractivity contribution in [2.45, 2.75) is 13.5 Å². The fraction of sp³-hybridized carbons (Fsp3) is 0.583. The van der Waals surface area contributed by atoms with Crippen molar-refractivity contribution in [2.75, 3.05) is 20.1 Å². The van der Waals surface area contributed by atoms with Crippen molar-refractivity contribution in [3.8, 4) is 0 Å². The summed E-state index contributed by atoms with van der Waals surface area (Å²) < 4.78 is 0. The summed E-state index contributed by atoms with van der Waals surface area (Å²) in [6.07, 6.45) is 0. The smallest absolute Gasteiger partial charge is 0.227 e. The SMILES string of the molecule is CC1CNCC1C(=O)N(C)Cc1ccsc1. The van der Waals surface area contributed by atoms with Crippen LogP contribution in [0, 0.1) is 11.8 Å². The molecule has 0 saturated carbocycles. The van der Waals surface area contributed by atoms with Crippen LogP contribution in [0.3, 0.4) is 0 Å². The van der Waals surface area contributed by atoms with E-state index in [0.29, 0.717) is 5.92 Å². The molecule has 3 nitrogen and oxygen atoms in total. The lowest BCUT2D eigenvalue weighted by Crippen LogP contribution is -2.35. The molecule has 2 heterocycles. The fourth-order valence-electron chi connectivity index (χ4n) is 2.16. The minimum atomic E-state index is 0.156. The third-order valence-corrected chi connectivity index (χ3v) is 3.94. The molecule has 1 aliphatic heterocycles. The molecule has 1 saturated heterocycles. The minimum Gasteiger partial charge on any atom is -0.341 e. The Balaban J connectivity index is 1.94. The van der Waals surface area contributed by atoms with Gasteiger partial charge in [-0.25, -0.2) is 0 Å². The van der Waals surface area contributed by atoms with E-state index in [9.17, 15) is 4.79 Å². The molecule has 88 valence electrons. The molecule has 1 aromatic heterocycles. The van der Waals surface area contributed by atoms with Crippen LogP contribution in [0.2, 0.25) is 0 Å². The lowest BCUT2D eigenvalue weighted by Gasteiger charge is -2.22. The predicted molar refractivity (Wildman–Crippen MR) is 66.3 cm³/mol. The molecular weight excluding hydrogens is 220 g/mol. The summed E-state index contributed by atoms with van der Waals surface area (Å²) in [7, 11) is 1.89. The molecule has 0 spiro atoms. The van der Waals surface area contributed by atoms with E-state index in [0.717, 1.165) is 19.6 Å². The number of thiophene rings is 1. The van der Waals surface area contributed by atoms with Gasteiger partial charge in [-0.05, 0) is 34.9 Å². The summed E-state index contributed by atoms with van der Waals surface area (Å²) in [5.41, 5.74) is 1.22. The maximum atomic E-state index is 12.2. The summed E-state index contributed by atoms with van der Waals surface area (Å²) in [5.74, 6) is 0.879. The van der Waals surface area contributed by atoms with Crippen molar-refractivity contribution < 1.29 is 4.79 Å². The van der Waals surface area contributed by atoms with Crippen LogP contribution in [0.25, 0.3) is 0 Å². The van der Waals surface area contributed by atoms with Crippen LogP contribution in [-0.2, 0) is 11.3 Å². The number of carbonyl (C=O) groups excluding carboxylic acids is 1. The third kappa shape index (κ3) is 2.44. The lowest BCUT2D eigenvalue weighted by atomic mass is 9.97. The number of carbonyl (C=O) groups is 1. The van der Waals surface area contributed by atoms with Crippen LogP contribution in [0.4, 0.5) is 0 Å². The van der Waals surface area contributed by atoms with Crippen molar-refractivity contribution in [3.63, 3.8) is 0 Å². The second kappa shape index (κ2) is 4.97. The van der Waals surface area contributed by atoms with E-state index in [2.05, 4.69) is 23.7 Å². The second-order valence-corrected chi connectivity index (χ2v) is 5.35. The Labute approximate surface area is 100 Å². The van der Waals surface area contributed by atoms with Crippen molar-refractivity contribution in [1.82, 2.24) is 10.2 Å². The van der Waals surface area contributed by atoms with Crippen molar-refractivity contribution >= 4 is 17.2 Å². The molecule has 1 N–H and O–H groups in total. The van der Waals surface area contributed by atoms with Crippen LogP contribution in [0.1, 0.15) is 12.5 Å². The Morgan fingerprint density at radius 2 is 2.44 bits per heavy atom. The highest BCUT2D eigenvalue weighted by Crippen LogP contribution is 2.19. The molecule has 4 heteroatoms. The average Bonchev–Trinajstić information content (AvgIpc) is 2.88. The first-order valence-corrected chi connectivity index (χ1v) is 6.59. The number of rotatable bonds is 3. The van der Waals surface area contributed by atoms with Crippen molar-refractivity contribution in [1.29, 1.82) is 0 Å². The number of nitrogens with one attached hydrogen (secondary N) is 1. The summed E-state index contributed by atoms with van der Waals surface area (Å²) in [6.45, 7) is 4.66. The zero-order valence-electron chi connectivity index (χ0n) is 9.77. The van der Waals surface area contributed by atoms with E-state index in [1.165, 1.54) is 5.56 Å². The second-order valence-electron chi connectivity index (χ2n) is 4.57. The van der Waals surface area contributed by atoms with Gasteiger partial charge < -0.3 is 10.2 Å². The first-order valence-electron chi connectivity index (χ1n) is 5.65. The Morgan fingerprint density at radius 1 is 1.62 bits per heavy atom. The highest BCUT2D eigenvalue weighted by atomic mass is 32.1. The molecule has 0 aliphatic carbocycles.